The Hall–Kier alpha value is -3.18. The molecule has 0 aliphatic carbocycles. The zero-order valence-corrected chi connectivity index (χ0v) is 16.1. The summed E-state index contributed by atoms with van der Waals surface area (Å²) in [6.07, 6.45) is 1.49. The van der Waals surface area contributed by atoms with E-state index in [1.54, 1.807) is 37.3 Å². The van der Waals surface area contributed by atoms with Gasteiger partial charge in [-0.15, -0.1) is 0 Å². The van der Waals surface area contributed by atoms with E-state index in [-0.39, 0.29) is 28.7 Å². The second-order valence-electron chi connectivity index (χ2n) is 6.60. The Morgan fingerprint density at radius 3 is 2.66 bits per heavy atom. The zero-order chi connectivity index (χ0) is 20.5. The van der Waals surface area contributed by atoms with Crippen LogP contribution in [0.25, 0.3) is 6.08 Å². The van der Waals surface area contributed by atoms with Gasteiger partial charge in [0.15, 0.2) is 5.76 Å². The number of hydrogen-bond acceptors (Lipinski definition) is 3. The lowest BCUT2D eigenvalue weighted by molar-refractivity contribution is 0.101. The number of hydrogen-bond donors (Lipinski definition) is 0. The number of benzene rings is 3. The molecule has 0 atom stereocenters. The van der Waals surface area contributed by atoms with Crippen LogP contribution in [0.5, 0.6) is 11.5 Å². The molecule has 1 heterocycles. The summed E-state index contributed by atoms with van der Waals surface area (Å²) in [7, 11) is 0. The van der Waals surface area contributed by atoms with Crippen molar-refractivity contribution in [2.24, 2.45) is 0 Å². The highest BCUT2D eigenvalue weighted by atomic mass is 35.5. The predicted molar refractivity (Wildman–Crippen MR) is 106 cm³/mol. The van der Waals surface area contributed by atoms with Crippen molar-refractivity contribution in [1.82, 2.24) is 0 Å². The van der Waals surface area contributed by atoms with Crippen molar-refractivity contribution in [1.29, 1.82) is 0 Å². The third kappa shape index (κ3) is 3.87. The third-order valence-corrected chi connectivity index (χ3v) is 4.89. The molecule has 3 aromatic rings. The number of carbonyl (C=O) groups excluding carboxylic acids is 1. The standard InChI is InChI=1S/C23H15ClF2O3/c1-13-8-16(28-12-17-18(24)6-3-7-19(17)26)11-20-22(13)23(27)21(29-20)10-14-4-2-5-15(25)9-14/h2-11H,12H2,1H3/b21-10-. The number of halogens is 3. The molecule has 146 valence electrons. The van der Waals surface area contributed by atoms with Crippen LogP contribution in [0.1, 0.15) is 27.0 Å². The van der Waals surface area contributed by atoms with Crippen LogP contribution in [0.4, 0.5) is 8.78 Å². The summed E-state index contributed by atoms with van der Waals surface area (Å²) in [6, 6.07) is 13.5. The smallest absolute Gasteiger partial charge is 0.232 e. The van der Waals surface area contributed by atoms with Gasteiger partial charge in [0.2, 0.25) is 5.78 Å². The molecule has 1 aliphatic rings. The largest absolute Gasteiger partial charge is 0.489 e. The molecule has 0 aromatic heterocycles. The van der Waals surface area contributed by atoms with Crippen LogP contribution in [0.15, 0.2) is 60.4 Å². The number of aryl methyl sites for hydroxylation is 1. The second-order valence-corrected chi connectivity index (χ2v) is 7.00. The van der Waals surface area contributed by atoms with Crippen molar-refractivity contribution in [3.8, 4) is 11.5 Å². The SMILES string of the molecule is Cc1cc(OCc2c(F)cccc2Cl)cc2c1C(=O)/C(=C/c1cccc(F)c1)O2. The molecule has 0 saturated carbocycles. The van der Waals surface area contributed by atoms with Crippen molar-refractivity contribution in [3.63, 3.8) is 0 Å². The maximum atomic E-state index is 13.9. The quantitative estimate of drug-likeness (QED) is 0.484. The van der Waals surface area contributed by atoms with E-state index in [4.69, 9.17) is 21.1 Å². The Morgan fingerprint density at radius 1 is 1.10 bits per heavy atom. The average Bonchev–Trinajstić information content (AvgIpc) is 2.97. The summed E-state index contributed by atoms with van der Waals surface area (Å²) in [5.74, 6) is -0.288. The summed E-state index contributed by atoms with van der Waals surface area (Å²) >= 11 is 6.02. The average molecular weight is 413 g/mol. The van der Waals surface area contributed by atoms with Crippen LogP contribution in [0.3, 0.4) is 0 Å². The van der Waals surface area contributed by atoms with E-state index in [0.29, 0.717) is 28.2 Å². The van der Waals surface area contributed by atoms with Crippen molar-refractivity contribution in [2.75, 3.05) is 0 Å². The fourth-order valence-electron chi connectivity index (χ4n) is 3.13. The number of fused-ring (bicyclic) bond motifs is 1. The fraction of sp³-hybridized carbons (Fsp3) is 0.0870. The van der Waals surface area contributed by atoms with Crippen LogP contribution in [-0.4, -0.2) is 5.78 Å². The van der Waals surface area contributed by atoms with Gasteiger partial charge in [0.1, 0.15) is 29.7 Å². The minimum Gasteiger partial charge on any atom is -0.489 e. The molecule has 0 spiro atoms. The molecule has 29 heavy (non-hydrogen) atoms. The predicted octanol–water partition coefficient (Wildman–Crippen LogP) is 6.12. The Labute approximate surface area is 171 Å². The molecule has 3 aromatic carbocycles. The topological polar surface area (TPSA) is 35.5 Å². The Morgan fingerprint density at radius 2 is 1.90 bits per heavy atom. The van der Waals surface area contributed by atoms with E-state index < -0.39 is 11.6 Å². The fourth-order valence-corrected chi connectivity index (χ4v) is 3.35. The Kier molecular flexibility index (Phi) is 5.07. The van der Waals surface area contributed by atoms with E-state index in [9.17, 15) is 13.6 Å². The van der Waals surface area contributed by atoms with E-state index in [0.717, 1.165) is 0 Å². The minimum absolute atomic E-state index is 0.0658. The first-order valence-corrected chi connectivity index (χ1v) is 9.20. The highest BCUT2D eigenvalue weighted by molar-refractivity contribution is 6.31. The van der Waals surface area contributed by atoms with Gasteiger partial charge in [-0.3, -0.25) is 4.79 Å². The van der Waals surface area contributed by atoms with E-state index >= 15 is 0 Å². The first-order chi connectivity index (χ1) is 13.9. The van der Waals surface area contributed by atoms with Crippen LogP contribution in [-0.2, 0) is 6.61 Å². The molecule has 6 heteroatoms. The van der Waals surface area contributed by atoms with Crippen LogP contribution in [0.2, 0.25) is 5.02 Å². The van der Waals surface area contributed by atoms with Gasteiger partial charge < -0.3 is 9.47 Å². The highest BCUT2D eigenvalue weighted by Gasteiger charge is 2.30. The summed E-state index contributed by atoms with van der Waals surface area (Å²) in [5.41, 5.74) is 1.84. The molecule has 0 saturated heterocycles. The normalized spacial score (nSPS) is 14.1. The molecule has 0 radical (unpaired) electrons. The summed E-state index contributed by atoms with van der Waals surface area (Å²) < 4.78 is 38.7. The molecule has 0 N–H and O–H groups in total. The van der Waals surface area contributed by atoms with Crippen molar-refractivity contribution in [3.05, 3.63) is 99.3 Å². The Bertz CT molecular complexity index is 1130. The van der Waals surface area contributed by atoms with Gasteiger partial charge in [0, 0.05) is 11.6 Å². The van der Waals surface area contributed by atoms with Crippen LogP contribution in [0, 0.1) is 18.6 Å². The molecule has 1 aliphatic heterocycles. The minimum atomic E-state index is -0.456. The van der Waals surface area contributed by atoms with Gasteiger partial charge in [-0.05, 0) is 54.5 Å². The first kappa shape index (κ1) is 19.2. The van der Waals surface area contributed by atoms with E-state index in [1.807, 2.05) is 0 Å². The van der Waals surface area contributed by atoms with Crippen LogP contribution < -0.4 is 9.47 Å². The van der Waals surface area contributed by atoms with Gasteiger partial charge in [0.05, 0.1) is 10.6 Å². The molecular weight excluding hydrogens is 398 g/mol. The number of rotatable bonds is 4. The maximum absolute atomic E-state index is 13.9. The molecule has 0 fully saturated rings. The van der Waals surface area contributed by atoms with Crippen molar-refractivity contribution < 1.29 is 23.0 Å². The van der Waals surface area contributed by atoms with Gasteiger partial charge >= 0.3 is 0 Å². The summed E-state index contributed by atoms with van der Waals surface area (Å²) in [6.45, 7) is 1.69. The molecule has 3 nitrogen and oxygen atoms in total. The number of allylic oxidation sites excluding steroid dienone is 1. The number of Topliss-reactive ketones (excluding diaryl/α,β-unsaturated/α-hetero) is 1. The molecule has 0 amide bonds. The summed E-state index contributed by atoms with van der Waals surface area (Å²) in [5, 5.41) is 0.273. The summed E-state index contributed by atoms with van der Waals surface area (Å²) in [4.78, 5) is 12.7. The lowest BCUT2D eigenvalue weighted by Crippen LogP contribution is -2.01. The van der Waals surface area contributed by atoms with Gasteiger partial charge in [-0.1, -0.05) is 29.8 Å². The lowest BCUT2D eigenvalue weighted by atomic mass is 10.0. The van der Waals surface area contributed by atoms with Crippen molar-refractivity contribution in [2.45, 2.75) is 13.5 Å². The monoisotopic (exact) mass is 412 g/mol. The number of ketones is 1. The first-order valence-electron chi connectivity index (χ1n) is 8.82. The van der Waals surface area contributed by atoms with Crippen LogP contribution >= 0.6 is 11.6 Å². The van der Waals surface area contributed by atoms with E-state index in [2.05, 4.69) is 0 Å². The Balaban J connectivity index is 1.59. The molecule has 0 unspecified atom stereocenters. The van der Waals surface area contributed by atoms with Gasteiger partial charge in [-0.25, -0.2) is 8.78 Å². The zero-order valence-electron chi connectivity index (χ0n) is 15.3. The highest BCUT2D eigenvalue weighted by Crippen LogP contribution is 2.38. The number of ether oxygens (including phenoxy) is 2. The third-order valence-electron chi connectivity index (χ3n) is 4.53. The van der Waals surface area contributed by atoms with Crippen molar-refractivity contribution >= 4 is 23.5 Å². The molecular formula is C23H15ClF2O3. The maximum Gasteiger partial charge on any atom is 0.232 e. The second kappa shape index (κ2) is 7.68. The lowest BCUT2D eigenvalue weighted by Gasteiger charge is -2.11. The molecule has 0 bridgehead atoms. The number of carbonyl (C=O) groups is 1. The van der Waals surface area contributed by atoms with E-state index in [1.165, 1.54) is 30.3 Å². The molecule has 4 rings (SSSR count). The van der Waals surface area contributed by atoms with Gasteiger partial charge in [0.25, 0.3) is 0 Å². The van der Waals surface area contributed by atoms with Gasteiger partial charge in [-0.2, -0.15) is 0 Å².